The van der Waals surface area contributed by atoms with E-state index in [1.54, 1.807) is 12.1 Å². The minimum atomic E-state index is -0.378. The first-order valence-electron chi connectivity index (χ1n) is 6.25. The summed E-state index contributed by atoms with van der Waals surface area (Å²) < 4.78 is 0. The standard InChI is InChI=1S/C13H18N2O3/c16-10-12-5-7-14(8-6-12)9-11-1-3-13(4-2-11)15(17)18/h1-4,12,16H,5-10H2. The molecule has 1 aromatic carbocycles. The zero-order chi connectivity index (χ0) is 13.0. The monoisotopic (exact) mass is 250 g/mol. The molecule has 0 atom stereocenters. The summed E-state index contributed by atoms with van der Waals surface area (Å²) in [6.07, 6.45) is 2.06. The lowest BCUT2D eigenvalue weighted by Gasteiger charge is -2.30. The van der Waals surface area contributed by atoms with E-state index in [-0.39, 0.29) is 17.2 Å². The van der Waals surface area contributed by atoms with Crippen molar-refractivity contribution in [3.8, 4) is 0 Å². The highest BCUT2D eigenvalue weighted by atomic mass is 16.6. The van der Waals surface area contributed by atoms with Crippen molar-refractivity contribution < 1.29 is 10.0 Å². The Morgan fingerprint density at radius 2 is 1.89 bits per heavy atom. The van der Waals surface area contributed by atoms with Crippen molar-refractivity contribution >= 4 is 5.69 Å². The van der Waals surface area contributed by atoms with Crippen LogP contribution in [0.1, 0.15) is 18.4 Å². The van der Waals surface area contributed by atoms with Crippen molar-refractivity contribution in [3.05, 3.63) is 39.9 Å². The third kappa shape index (κ3) is 3.27. The number of nitrogens with zero attached hydrogens (tertiary/aromatic N) is 2. The van der Waals surface area contributed by atoms with Crippen LogP contribution in [0.5, 0.6) is 0 Å². The van der Waals surface area contributed by atoms with Crippen molar-refractivity contribution in [2.24, 2.45) is 5.92 Å². The third-order valence-corrected chi connectivity index (χ3v) is 3.52. The SMILES string of the molecule is O=[N+]([O-])c1ccc(CN2CCC(CO)CC2)cc1. The molecule has 5 nitrogen and oxygen atoms in total. The number of hydrogen-bond acceptors (Lipinski definition) is 4. The molecule has 0 aliphatic carbocycles. The van der Waals surface area contributed by atoms with E-state index in [1.165, 1.54) is 0 Å². The van der Waals surface area contributed by atoms with E-state index in [9.17, 15) is 10.1 Å². The minimum Gasteiger partial charge on any atom is -0.396 e. The van der Waals surface area contributed by atoms with Crippen LogP contribution in [0.15, 0.2) is 24.3 Å². The van der Waals surface area contributed by atoms with Gasteiger partial charge in [0.1, 0.15) is 0 Å². The molecule has 98 valence electrons. The molecule has 1 aliphatic heterocycles. The molecule has 1 heterocycles. The number of piperidine rings is 1. The Labute approximate surface area is 106 Å². The van der Waals surface area contributed by atoms with Crippen molar-refractivity contribution in [2.75, 3.05) is 19.7 Å². The van der Waals surface area contributed by atoms with E-state index in [4.69, 9.17) is 5.11 Å². The zero-order valence-electron chi connectivity index (χ0n) is 10.3. The van der Waals surface area contributed by atoms with Gasteiger partial charge in [-0.3, -0.25) is 15.0 Å². The quantitative estimate of drug-likeness (QED) is 0.653. The first kappa shape index (κ1) is 13.0. The molecule has 5 heteroatoms. The topological polar surface area (TPSA) is 66.6 Å². The summed E-state index contributed by atoms with van der Waals surface area (Å²) in [6, 6.07) is 6.73. The van der Waals surface area contributed by atoms with Gasteiger partial charge in [-0.05, 0) is 37.4 Å². The van der Waals surface area contributed by atoms with Crippen molar-refractivity contribution in [1.82, 2.24) is 4.90 Å². The highest BCUT2D eigenvalue weighted by Gasteiger charge is 2.18. The number of aliphatic hydroxyl groups excluding tert-OH is 1. The van der Waals surface area contributed by atoms with Crippen LogP contribution in [-0.4, -0.2) is 34.6 Å². The van der Waals surface area contributed by atoms with Crippen molar-refractivity contribution in [1.29, 1.82) is 0 Å². The summed E-state index contributed by atoms with van der Waals surface area (Å²) in [7, 11) is 0. The second kappa shape index (κ2) is 5.93. The van der Waals surface area contributed by atoms with Crippen molar-refractivity contribution in [3.63, 3.8) is 0 Å². The number of nitro groups is 1. The maximum absolute atomic E-state index is 10.5. The van der Waals surface area contributed by atoms with Crippen LogP contribution in [0.25, 0.3) is 0 Å². The van der Waals surface area contributed by atoms with E-state index < -0.39 is 0 Å². The second-order valence-corrected chi connectivity index (χ2v) is 4.83. The fraction of sp³-hybridized carbons (Fsp3) is 0.538. The van der Waals surface area contributed by atoms with Crippen LogP contribution < -0.4 is 0 Å². The lowest BCUT2D eigenvalue weighted by Crippen LogP contribution is -2.34. The Bertz CT molecular complexity index is 397. The predicted octanol–water partition coefficient (Wildman–Crippen LogP) is 1.80. The average molecular weight is 250 g/mol. The van der Waals surface area contributed by atoms with Gasteiger partial charge >= 0.3 is 0 Å². The maximum Gasteiger partial charge on any atom is 0.269 e. The summed E-state index contributed by atoms with van der Waals surface area (Å²) in [6.45, 7) is 3.09. The minimum absolute atomic E-state index is 0.137. The van der Waals surface area contributed by atoms with Gasteiger partial charge in [-0.2, -0.15) is 0 Å². The summed E-state index contributed by atoms with van der Waals surface area (Å²) in [4.78, 5) is 12.5. The lowest BCUT2D eigenvalue weighted by molar-refractivity contribution is -0.384. The van der Waals surface area contributed by atoms with E-state index >= 15 is 0 Å². The Kier molecular flexibility index (Phi) is 4.28. The number of nitro benzene ring substituents is 1. The molecule has 1 aromatic rings. The van der Waals surface area contributed by atoms with E-state index in [2.05, 4.69) is 4.90 Å². The molecule has 2 rings (SSSR count). The molecule has 1 fully saturated rings. The second-order valence-electron chi connectivity index (χ2n) is 4.83. The molecular formula is C13H18N2O3. The highest BCUT2D eigenvalue weighted by Crippen LogP contribution is 2.19. The molecule has 0 radical (unpaired) electrons. The molecule has 0 unspecified atom stereocenters. The first-order chi connectivity index (χ1) is 8.69. The summed E-state index contributed by atoms with van der Waals surface area (Å²) in [5.41, 5.74) is 1.24. The van der Waals surface area contributed by atoms with Crippen LogP contribution in [0, 0.1) is 16.0 Å². The predicted molar refractivity (Wildman–Crippen MR) is 68.2 cm³/mol. The van der Waals surface area contributed by atoms with Gasteiger partial charge in [0.2, 0.25) is 0 Å². The van der Waals surface area contributed by atoms with Gasteiger partial charge in [0.05, 0.1) is 4.92 Å². The average Bonchev–Trinajstić information content (AvgIpc) is 2.40. The smallest absolute Gasteiger partial charge is 0.269 e. The number of benzene rings is 1. The molecule has 0 saturated carbocycles. The largest absolute Gasteiger partial charge is 0.396 e. The maximum atomic E-state index is 10.5. The van der Waals surface area contributed by atoms with Gasteiger partial charge in [-0.15, -0.1) is 0 Å². The fourth-order valence-corrected chi connectivity index (χ4v) is 2.31. The Hall–Kier alpha value is -1.46. The van der Waals surface area contributed by atoms with E-state index in [1.807, 2.05) is 12.1 Å². The molecule has 0 aromatic heterocycles. The fourth-order valence-electron chi connectivity index (χ4n) is 2.31. The van der Waals surface area contributed by atoms with Gasteiger partial charge in [0, 0.05) is 25.3 Å². The van der Waals surface area contributed by atoms with Gasteiger partial charge in [-0.25, -0.2) is 0 Å². The van der Waals surface area contributed by atoms with Gasteiger partial charge in [0.15, 0.2) is 0 Å². The summed E-state index contributed by atoms with van der Waals surface area (Å²) in [5.74, 6) is 0.443. The number of aliphatic hydroxyl groups is 1. The van der Waals surface area contributed by atoms with Crippen LogP contribution >= 0.6 is 0 Å². The van der Waals surface area contributed by atoms with E-state index in [0.29, 0.717) is 5.92 Å². The highest BCUT2D eigenvalue weighted by molar-refractivity contribution is 5.32. The molecule has 0 amide bonds. The first-order valence-corrected chi connectivity index (χ1v) is 6.25. The molecule has 1 saturated heterocycles. The Morgan fingerprint density at radius 3 is 2.39 bits per heavy atom. The number of likely N-dealkylation sites (tertiary alicyclic amines) is 1. The molecule has 0 spiro atoms. The number of non-ortho nitro benzene ring substituents is 1. The van der Waals surface area contributed by atoms with Crippen LogP contribution in [0.2, 0.25) is 0 Å². The lowest BCUT2D eigenvalue weighted by atomic mass is 9.97. The van der Waals surface area contributed by atoms with Gasteiger partial charge in [0.25, 0.3) is 5.69 Å². The third-order valence-electron chi connectivity index (χ3n) is 3.52. The van der Waals surface area contributed by atoms with Crippen LogP contribution in [0.3, 0.4) is 0 Å². The summed E-state index contributed by atoms with van der Waals surface area (Å²) >= 11 is 0. The molecular weight excluding hydrogens is 232 g/mol. The number of hydrogen-bond donors (Lipinski definition) is 1. The number of rotatable bonds is 4. The Morgan fingerprint density at radius 1 is 1.28 bits per heavy atom. The molecule has 1 N–H and O–H groups in total. The van der Waals surface area contributed by atoms with Gasteiger partial charge in [-0.1, -0.05) is 12.1 Å². The van der Waals surface area contributed by atoms with Crippen molar-refractivity contribution in [2.45, 2.75) is 19.4 Å². The van der Waals surface area contributed by atoms with E-state index in [0.717, 1.165) is 38.0 Å². The molecule has 1 aliphatic rings. The van der Waals surface area contributed by atoms with Gasteiger partial charge < -0.3 is 5.11 Å². The van der Waals surface area contributed by atoms with Crippen LogP contribution in [0.4, 0.5) is 5.69 Å². The van der Waals surface area contributed by atoms with Crippen LogP contribution in [-0.2, 0) is 6.54 Å². The molecule has 0 bridgehead atoms. The zero-order valence-corrected chi connectivity index (χ0v) is 10.3. The molecule has 18 heavy (non-hydrogen) atoms. The summed E-state index contributed by atoms with van der Waals surface area (Å²) in [5, 5.41) is 19.6. The Balaban J connectivity index is 1.88. The normalized spacial score (nSPS) is 17.8.